The molecule has 0 amide bonds. The van der Waals surface area contributed by atoms with Crippen molar-refractivity contribution in [2.45, 2.75) is 3.79 Å². The Morgan fingerprint density at radius 1 is 1.50 bits per heavy atom. The van der Waals surface area contributed by atoms with Crippen LogP contribution in [0.4, 0.5) is 0 Å². The Hall–Kier alpha value is 0.0800. The van der Waals surface area contributed by atoms with Crippen molar-refractivity contribution in [2.24, 2.45) is 0 Å². The van der Waals surface area contributed by atoms with Crippen LogP contribution in [0.25, 0.3) is 0 Å². The SMILES string of the molecule is COC(=O)C=CC(Cl)(Cl)Cl. The highest BCUT2D eigenvalue weighted by molar-refractivity contribution is 6.69. The van der Waals surface area contributed by atoms with Crippen molar-refractivity contribution >= 4 is 40.8 Å². The van der Waals surface area contributed by atoms with Crippen molar-refractivity contribution in [3.63, 3.8) is 0 Å². The lowest BCUT2D eigenvalue weighted by molar-refractivity contribution is -0.134. The van der Waals surface area contributed by atoms with Crippen LogP contribution < -0.4 is 0 Å². The minimum absolute atomic E-state index is 0.550. The Kier molecular flexibility index (Phi) is 4.09. The predicted molar refractivity (Wildman–Crippen MR) is 41.4 cm³/mol. The lowest BCUT2D eigenvalue weighted by atomic mass is 10.5. The number of halogens is 3. The number of carbonyl (C=O) groups excluding carboxylic acids is 1. The average Bonchev–Trinajstić information content (AvgIpc) is 1.81. The summed E-state index contributed by atoms with van der Waals surface area (Å²) in [5.74, 6) is -0.550. The molecule has 0 heterocycles. The summed E-state index contributed by atoms with van der Waals surface area (Å²) < 4.78 is 2.71. The molecule has 0 radical (unpaired) electrons. The van der Waals surface area contributed by atoms with E-state index >= 15 is 0 Å². The fraction of sp³-hybridized carbons (Fsp3) is 0.400. The molecule has 10 heavy (non-hydrogen) atoms. The second kappa shape index (κ2) is 4.06. The van der Waals surface area contributed by atoms with Gasteiger partial charge in [0.05, 0.1) is 7.11 Å². The molecule has 0 aromatic rings. The fourth-order valence-electron chi connectivity index (χ4n) is 0.231. The van der Waals surface area contributed by atoms with E-state index in [0.717, 1.165) is 12.2 Å². The van der Waals surface area contributed by atoms with E-state index in [2.05, 4.69) is 4.74 Å². The van der Waals surface area contributed by atoms with Gasteiger partial charge in [-0.25, -0.2) is 4.79 Å². The molecule has 58 valence electrons. The molecule has 0 N–H and O–H groups in total. The summed E-state index contributed by atoms with van der Waals surface area (Å²) in [7, 11) is 1.24. The van der Waals surface area contributed by atoms with E-state index in [1.807, 2.05) is 0 Å². The zero-order valence-corrected chi connectivity index (χ0v) is 7.37. The molecular weight excluding hydrogens is 198 g/mol. The van der Waals surface area contributed by atoms with E-state index in [0.29, 0.717) is 0 Å². The van der Waals surface area contributed by atoms with Crippen LogP contribution in [0.2, 0.25) is 0 Å². The summed E-state index contributed by atoms with van der Waals surface area (Å²) in [5, 5.41) is 0. The van der Waals surface area contributed by atoms with Crippen LogP contribution >= 0.6 is 34.8 Å². The summed E-state index contributed by atoms with van der Waals surface area (Å²) in [6.07, 6.45) is 2.16. The second-order valence-electron chi connectivity index (χ2n) is 1.40. The van der Waals surface area contributed by atoms with E-state index in [1.54, 1.807) is 0 Å². The number of ether oxygens (including phenoxy) is 1. The van der Waals surface area contributed by atoms with Gasteiger partial charge in [0.1, 0.15) is 0 Å². The van der Waals surface area contributed by atoms with Crippen LogP contribution in [0.1, 0.15) is 0 Å². The molecule has 0 rings (SSSR count). The standard InChI is InChI=1S/C5H5Cl3O2/c1-10-4(9)2-3-5(6,7)8/h2-3H,1H3. The molecule has 0 spiro atoms. The molecule has 0 unspecified atom stereocenters. The first-order chi connectivity index (χ1) is 4.45. The molecule has 0 saturated carbocycles. The van der Waals surface area contributed by atoms with Gasteiger partial charge in [-0.05, 0) is 6.08 Å². The minimum Gasteiger partial charge on any atom is -0.466 e. The topological polar surface area (TPSA) is 26.3 Å². The Morgan fingerprint density at radius 2 is 2.00 bits per heavy atom. The molecule has 0 saturated heterocycles. The molecule has 5 heteroatoms. The van der Waals surface area contributed by atoms with Crippen molar-refractivity contribution < 1.29 is 9.53 Å². The predicted octanol–water partition coefficient (Wildman–Crippen LogP) is 2.09. The summed E-state index contributed by atoms with van der Waals surface area (Å²) in [5.41, 5.74) is 0. The van der Waals surface area contributed by atoms with Gasteiger partial charge >= 0.3 is 5.97 Å². The zero-order chi connectivity index (χ0) is 8.20. The lowest BCUT2D eigenvalue weighted by Crippen LogP contribution is -1.99. The summed E-state index contributed by atoms with van der Waals surface area (Å²) >= 11 is 15.8. The van der Waals surface area contributed by atoms with Gasteiger partial charge in [0.2, 0.25) is 3.79 Å². The lowest BCUT2D eigenvalue weighted by Gasteiger charge is -2.00. The number of hydrogen-bond donors (Lipinski definition) is 0. The fourth-order valence-corrected chi connectivity index (χ4v) is 0.420. The third-order valence-electron chi connectivity index (χ3n) is 0.610. The summed E-state index contributed by atoms with van der Waals surface area (Å²) in [6, 6.07) is 0. The zero-order valence-electron chi connectivity index (χ0n) is 5.11. The Morgan fingerprint density at radius 3 is 2.30 bits per heavy atom. The van der Waals surface area contributed by atoms with Gasteiger partial charge in [-0.15, -0.1) is 0 Å². The van der Waals surface area contributed by atoms with Crippen LogP contribution in [0, 0.1) is 0 Å². The maximum Gasteiger partial charge on any atom is 0.330 e. The first-order valence-electron chi connectivity index (χ1n) is 2.29. The molecule has 0 fully saturated rings. The van der Waals surface area contributed by atoms with Crippen LogP contribution in [0.3, 0.4) is 0 Å². The van der Waals surface area contributed by atoms with Gasteiger partial charge in [-0.3, -0.25) is 0 Å². The smallest absolute Gasteiger partial charge is 0.330 e. The molecule has 0 aromatic carbocycles. The molecule has 0 aliphatic carbocycles. The number of esters is 1. The molecule has 0 aromatic heterocycles. The Bertz CT molecular complexity index is 147. The Labute approximate surface area is 73.7 Å². The van der Waals surface area contributed by atoms with Crippen LogP contribution in [-0.4, -0.2) is 16.9 Å². The van der Waals surface area contributed by atoms with E-state index in [4.69, 9.17) is 34.8 Å². The maximum absolute atomic E-state index is 10.4. The first-order valence-corrected chi connectivity index (χ1v) is 3.43. The van der Waals surface area contributed by atoms with E-state index in [9.17, 15) is 4.79 Å². The molecule has 0 bridgehead atoms. The third-order valence-corrected chi connectivity index (χ3v) is 0.988. The number of allylic oxidation sites excluding steroid dienone is 1. The Balaban J connectivity index is 3.88. The number of rotatable bonds is 1. The summed E-state index contributed by atoms with van der Waals surface area (Å²) in [4.78, 5) is 10.4. The third kappa shape index (κ3) is 6.20. The van der Waals surface area contributed by atoms with Crippen LogP contribution in [0.15, 0.2) is 12.2 Å². The molecule has 0 aliphatic rings. The highest BCUT2D eigenvalue weighted by Crippen LogP contribution is 2.27. The van der Waals surface area contributed by atoms with Gasteiger partial charge in [0, 0.05) is 6.08 Å². The molecular formula is C5H5Cl3O2. The highest BCUT2D eigenvalue weighted by Gasteiger charge is 2.14. The molecule has 0 atom stereocenters. The van der Waals surface area contributed by atoms with Crippen molar-refractivity contribution in [1.29, 1.82) is 0 Å². The normalized spacial score (nSPS) is 12.0. The van der Waals surface area contributed by atoms with Crippen LogP contribution in [-0.2, 0) is 9.53 Å². The maximum atomic E-state index is 10.4. The van der Waals surface area contributed by atoms with Gasteiger partial charge < -0.3 is 4.74 Å². The second-order valence-corrected chi connectivity index (χ2v) is 3.77. The average molecular weight is 203 g/mol. The van der Waals surface area contributed by atoms with Gasteiger partial charge in [-0.1, -0.05) is 34.8 Å². The van der Waals surface area contributed by atoms with Gasteiger partial charge in [0.15, 0.2) is 0 Å². The van der Waals surface area contributed by atoms with Gasteiger partial charge in [0.25, 0.3) is 0 Å². The molecule has 0 aliphatic heterocycles. The largest absolute Gasteiger partial charge is 0.466 e. The number of methoxy groups -OCH3 is 1. The van der Waals surface area contributed by atoms with Crippen molar-refractivity contribution in [3.05, 3.63) is 12.2 Å². The quantitative estimate of drug-likeness (QED) is 0.371. The van der Waals surface area contributed by atoms with Gasteiger partial charge in [-0.2, -0.15) is 0 Å². The first kappa shape index (κ1) is 10.1. The van der Waals surface area contributed by atoms with E-state index in [-0.39, 0.29) is 0 Å². The monoisotopic (exact) mass is 202 g/mol. The number of alkyl halides is 3. The van der Waals surface area contributed by atoms with Crippen molar-refractivity contribution in [1.82, 2.24) is 0 Å². The summed E-state index contributed by atoms with van der Waals surface area (Å²) in [6.45, 7) is 0. The number of hydrogen-bond acceptors (Lipinski definition) is 2. The minimum atomic E-state index is -1.53. The van der Waals surface area contributed by atoms with Crippen molar-refractivity contribution in [2.75, 3.05) is 7.11 Å². The number of carbonyl (C=O) groups is 1. The molecule has 2 nitrogen and oxygen atoms in total. The van der Waals surface area contributed by atoms with Crippen LogP contribution in [0.5, 0.6) is 0 Å². The van der Waals surface area contributed by atoms with Crippen molar-refractivity contribution in [3.8, 4) is 0 Å². The van der Waals surface area contributed by atoms with E-state index in [1.165, 1.54) is 7.11 Å². The highest BCUT2D eigenvalue weighted by atomic mass is 35.6. The van der Waals surface area contributed by atoms with E-state index < -0.39 is 9.76 Å².